The Kier molecular flexibility index (Phi) is 2.34. The Morgan fingerprint density at radius 3 is 2.82 bits per heavy atom. The zero-order valence-corrected chi connectivity index (χ0v) is 10.7. The molecule has 3 nitrogen and oxygen atoms in total. The number of pyridine rings is 1. The first kappa shape index (κ1) is 10.6. The van der Waals surface area contributed by atoms with Gasteiger partial charge in [0.05, 0.1) is 9.90 Å². The number of nitrogens with two attached hydrogens (primary N) is 1. The Morgan fingerprint density at radius 1 is 1.29 bits per heavy atom. The maximum Gasteiger partial charge on any atom is 0.139 e. The molecule has 5 heteroatoms. The van der Waals surface area contributed by atoms with E-state index in [1.807, 2.05) is 22.6 Å². The molecule has 0 aliphatic heterocycles. The normalized spacial score (nSPS) is 11.2. The second-order valence-corrected chi connectivity index (χ2v) is 5.56. The average Bonchev–Trinajstić information content (AvgIpc) is 2.84. The van der Waals surface area contributed by atoms with Gasteiger partial charge in [0, 0.05) is 11.1 Å². The standard InChI is InChI=1S/C12H10ClN3S/c1-7-2-4-9(17-7)11-12(14)16-6-8(13)3-5-10(16)15-11/h2-6H,14H2,1H3. The van der Waals surface area contributed by atoms with Crippen LogP contribution in [0.4, 0.5) is 5.82 Å². The molecule has 0 saturated carbocycles. The Balaban J connectivity index is 2.27. The molecule has 0 aliphatic rings. The van der Waals surface area contributed by atoms with Crippen molar-refractivity contribution in [1.82, 2.24) is 9.38 Å². The summed E-state index contributed by atoms with van der Waals surface area (Å²) in [7, 11) is 0. The largest absolute Gasteiger partial charge is 0.383 e. The molecule has 0 fully saturated rings. The average molecular weight is 264 g/mol. The molecule has 0 aromatic carbocycles. The quantitative estimate of drug-likeness (QED) is 0.729. The van der Waals surface area contributed by atoms with Gasteiger partial charge in [-0.05, 0) is 31.2 Å². The summed E-state index contributed by atoms with van der Waals surface area (Å²) in [6.45, 7) is 2.07. The molecular formula is C12H10ClN3S. The van der Waals surface area contributed by atoms with Crippen molar-refractivity contribution in [1.29, 1.82) is 0 Å². The highest BCUT2D eigenvalue weighted by Gasteiger charge is 2.12. The third kappa shape index (κ3) is 1.69. The number of thiophene rings is 1. The fourth-order valence-corrected chi connectivity index (χ4v) is 2.81. The van der Waals surface area contributed by atoms with E-state index >= 15 is 0 Å². The summed E-state index contributed by atoms with van der Waals surface area (Å²) in [5, 5.41) is 0.649. The minimum absolute atomic E-state index is 0.629. The number of nitrogens with zero attached hydrogens (tertiary/aromatic N) is 2. The van der Waals surface area contributed by atoms with Gasteiger partial charge in [-0.2, -0.15) is 0 Å². The summed E-state index contributed by atoms with van der Waals surface area (Å²) in [6.07, 6.45) is 1.78. The number of hydrogen-bond acceptors (Lipinski definition) is 3. The first-order valence-corrected chi connectivity index (χ1v) is 6.34. The molecule has 3 rings (SSSR count). The molecule has 17 heavy (non-hydrogen) atoms. The molecule has 0 saturated heterocycles. The van der Waals surface area contributed by atoms with E-state index in [0.717, 1.165) is 16.2 Å². The van der Waals surface area contributed by atoms with Crippen LogP contribution in [0.3, 0.4) is 0 Å². The summed E-state index contributed by atoms with van der Waals surface area (Å²) in [5.41, 5.74) is 7.73. The predicted octanol–water partition coefficient (Wildman–Crippen LogP) is 3.61. The Morgan fingerprint density at radius 2 is 2.12 bits per heavy atom. The number of rotatable bonds is 1. The van der Waals surface area contributed by atoms with Gasteiger partial charge in [0.15, 0.2) is 0 Å². The number of aromatic nitrogens is 2. The van der Waals surface area contributed by atoms with Crippen LogP contribution in [-0.4, -0.2) is 9.38 Å². The molecule has 0 spiro atoms. The van der Waals surface area contributed by atoms with Crippen LogP contribution >= 0.6 is 22.9 Å². The predicted molar refractivity (Wildman–Crippen MR) is 72.7 cm³/mol. The highest BCUT2D eigenvalue weighted by Crippen LogP contribution is 2.32. The van der Waals surface area contributed by atoms with Crippen molar-refractivity contribution in [3.63, 3.8) is 0 Å². The summed E-state index contributed by atoms with van der Waals surface area (Å²) < 4.78 is 1.81. The Hall–Kier alpha value is -1.52. The topological polar surface area (TPSA) is 43.3 Å². The molecule has 0 bridgehead atoms. The molecule has 0 aliphatic carbocycles. The Labute approximate surface area is 107 Å². The number of halogens is 1. The van der Waals surface area contributed by atoms with E-state index < -0.39 is 0 Å². The monoisotopic (exact) mass is 263 g/mol. The number of aryl methyl sites for hydroxylation is 1. The highest BCUT2D eigenvalue weighted by atomic mass is 35.5. The molecule has 0 atom stereocenters. The van der Waals surface area contributed by atoms with Gasteiger partial charge in [-0.25, -0.2) is 4.98 Å². The number of nitrogen functional groups attached to an aromatic ring is 1. The van der Waals surface area contributed by atoms with E-state index in [1.165, 1.54) is 4.88 Å². The van der Waals surface area contributed by atoms with Crippen LogP contribution in [0.5, 0.6) is 0 Å². The van der Waals surface area contributed by atoms with Crippen LogP contribution in [0.15, 0.2) is 30.5 Å². The number of anilines is 1. The van der Waals surface area contributed by atoms with Crippen LogP contribution < -0.4 is 5.73 Å². The van der Waals surface area contributed by atoms with Gasteiger partial charge < -0.3 is 5.73 Å². The number of fused-ring (bicyclic) bond motifs is 1. The fraction of sp³-hybridized carbons (Fsp3) is 0.0833. The summed E-state index contributed by atoms with van der Waals surface area (Å²) in [5.74, 6) is 0.629. The highest BCUT2D eigenvalue weighted by molar-refractivity contribution is 7.15. The third-order valence-corrected chi connectivity index (χ3v) is 3.82. The molecule has 3 aromatic rings. The first-order chi connectivity index (χ1) is 8.15. The fourth-order valence-electron chi connectivity index (χ4n) is 1.78. The van der Waals surface area contributed by atoms with Crippen molar-refractivity contribution in [2.75, 3.05) is 5.73 Å². The molecule has 3 aromatic heterocycles. The van der Waals surface area contributed by atoms with Gasteiger partial charge in [-0.15, -0.1) is 11.3 Å². The molecule has 0 unspecified atom stereocenters. The van der Waals surface area contributed by atoms with Gasteiger partial charge in [0.2, 0.25) is 0 Å². The smallest absolute Gasteiger partial charge is 0.139 e. The lowest BCUT2D eigenvalue weighted by atomic mass is 10.3. The van der Waals surface area contributed by atoms with Gasteiger partial charge in [0.1, 0.15) is 17.2 Å². The van der Waals surface area contributed by atoms with Crippen molar-refractivity contribution in [3.05, 3.63) is 40.4 Å². The molecular weight excluding hydrogens is 254 g/mol. The van der Waals surface area contributed by atoms with Crippen LogP contribution in [0, 0.1) is 6.92 Å². The van der Waals surface area contributed by atoms with Crippen molar-refractivity contribution in [3.8, 4) is 10.6 Å². The number of hydrogen-bond donors (Lipinski definition) is 1. The van der Waals surface area contributed by atoms with Gasteiger partial charge in [-0.3, -0.25) is 4.40 Å². The minimum atomic E-state index is 0.629. The maximum absolute atomic E-state index is 6.10. The second kappa shape index (κ2) is 3.75. The lowest BCUT2D eigenvalue weighted by Gasteiger charge is -1.97. The summed E-state index contributed by atoms with van der Waals surface area (Å²) in [4.78, 5) is 6.85. The van der Waals surface area contributed by atoms with Gasteiger partial charge in [-0.1, -0.05) is 11.6 Å². The molecule has 86 valence electrons. The minimum Gasteiger partial charge on any atom is -0.383 e. The lowest BCUT2D eigenvalue weighted by molar-refractivity contribution is 1.20. The maximum atomic E-state index is 6.10. The summed E-state index contributed by atoms with van der Waals surface area (Å²) in [6, 6.07) is 7.78. The van der Waals surface area contributed by atoms with Crippen LogP contribution in [0.1, 0.15) is 4.88 Å². The molecule has 0 amide bonds. The van der Waals surface area contributed by atoms with Crippen molar-refractivity contribution >= 4 is 34.4 Å². The van der Waals surface area contributed by atoms with E-state index in [2.05, 4.69) is 18.0 Å². The Bertz CT molecular complexity index is 699. The van der Waals surface area contributed by atoms with Crippen molar-refractivity contribution in [2.45, 2.75) is 6.92 Å². The van der Waals surface area contributed by atoms with Crippen molar-refractivity contribution < 1.29 is 0 Å². The zero-order valence-electron chi connectivity index (χ0n) is 9.14. The van der Waals surface area contributed by atoms with Gasteiger partial charge in [0.25, 0.3) is 0 Å². The first-order valence-electron chi connectivity index (χ1n) is 5.15. The van der Waals surface area contributed by atoms with Crippen LogP contribution in [0.25, 0.3) is 16.2 Å². The molecule has 3 heterocycles. The van der Waals surface area contributed by atoms with Crippen molar-refractivity contribution in [2.24, 2.45) is 0 Å². The van der Waals surface area contributed by atoms with Gasteiger partial charge >= 0.3 is 0 Å². The van der Waals surface area contributed by atoms with Crippen LogP contribution in [0.2, 0.25) is 5.02 Å². The SMILES string of the molecule is Cc1ccc(-c2nc3ccc(Cl)cn3c2N)s1. The number of imidazole rings is 1. The van der Waals surface area contributed by atoms with E-state index in [1.54, 1.807) is 17.5 Å². The van der Waals surface area contributed by atoms with E-state index in [0.29, 0.717) is 10.8 Å². The molecule has 0 radical (unpaired) electrons. The lowest BCUT2D eigenvalue weighted by Crippen LogP contribution is -1.93. The van der Waals surface area contributed by atoms with Crippen LogP contribution in [-0.2, 0) is 0 Å². The third-order valence-electron chi connectivity index (χ3n) is 2.59. The summed E-state index contributed by atoms with van der Waals surface area (Å²) >= 11 is 7.63. The molecule has 2 N–H and O–H groups in total. The zero-order chi connectivity index (χ0) is 12.0. The van der Waals surface area contributed by atoms with E-state index in [-0.39, 0.29) is 0 Å². The second-order valence-electron chi connectivity index (χ2n) is 3.83. The van der Waals surface area contributed by atoms with E-state index in [9.17, 15) is 0 Å². The van der Waals surface area contributed by atoms with E-state index in [4.69, 9.17) is 17.3 Å².